The molecule has 2 aromatic rings. The number of hydrogen-bond donors (Lipinski definition) is 2. The molecule has 0 aromatic carbocycles. The molecule has 0 saturated carbocycles. The first-order valence-corrected chi connectivity index (χ1v) is 7.33. The second kappa shape index (κ2) is 7.97. The topological polar surface area (TPSA) is 62.0 Å². The largest absolute Gasteiger partial charge is 0.395 e. The van der Waals surface area contributed by atoms with E-state index in [0.29, 0.717) is 19.7 Å². The molecule has 0 aliphatic rings. The van der Waals surface area contributed by atoms with Gasteiger partial charge in [0.15, 0.2) is 5.82 Å². The molecule has 21 heavy (non-hydrogen) atoms. The van der Waals surface area contributed by atoms with Gasteiger partial charge in [0, 0.05) is 32.9 Å². The van der Waals surface area contributed by atoms with Crippen LogP contribution in [0.25, 0.3) is 5.65 Å². The fourth-order valence-electron chi connectivity index (χ4n) is 2.34. The Balaban J connectivity index is 2.38. The molecule has 2 N–H and O–H groups in total. The third-order valence-corrected chi connectivity index (χ3v) is 3.38. The molecule has 0 spiro atoms. The zero-order valence-electron chi connectivity index (χ0n) is 12.7. The summed E-state index contributed by atoms with van der Waals surface area (Å²) in [7, 11) is 1.68. The molecule has 0 unspecified atom stereocenters. The quantitative estimate of drug-likeness (QED) is 0.719. The van der Waals surface area contributed by atoms with Crippen LogP contribution in [0.3, 0.4) is 0 Å². The van der Waals surface area contributed by atoms with E-state index in [2.05, 4.69) is 21.5 Å². The summed E-state index contributed by atoms with van der Waals surface area (Å²) in [5.41, 5.74) is 2.03. The van der Waals surface area contributed by atoms with E-state index in [1.807, 2.05) is 24.4 Å². The van der Waals surface area contributed by atoms with Gasteiger partial charge >= 0.3 is 0 Å². The summed E-state index contributed by atoms with van der Waals surface area (Å²) in [5, 5.41) is 12.7. The highest BCUT2D eigenvalue weighted by molar-refractivity contribution is 5.56. The van der Waals surface area contributed by atoms with Crippen LogP contribution in [0, 0.1) is 0 Å². The minimum absolute atomic E-state index is 0.0955. The van der Waals surface area contributed by atoms with E-state index >= 15 is 0 Å². The lowest BCUT2D eigenvalue weighted by molar-refractivity contribution is 0.202. The fourth-order valence-corrected chi connectivity index (χ4v) is 2.34. The van der Waals surface area contributed by atoms with Crippen LogP contribution in [0.1, 0.15) is 12.6 Å². The fraction of sp³-hybridized carbons (Fsp3) is 0.533. The molecule has 2 aromatic heterocycles. The number of aliphatic hydroxyl groups is 1. The molecule has 0 fully saturated rings. The molecule has 116 valence electrons. The Morgan fingerprint density at radius 3 is 2.95 bits per heavy atom. The SMILES string of the molecule is CCNCc1c(N(CCO)CCOC)nc2ccccn12. The van der Waals surface area contributed by atoms with Crippen molar-refractivity contribution in [3.05, 3.63) is 30.1 Å². The van der Waals surface area contributed by atoms with Crippen LogP contribution in [-0.2, 0) is 11.3 Å². The molecule has 2 rings (SSSR count). The normalized spacial score (nSPS) is 11.2. The van der Waals surface area contributed by atoms with Gasteiger partial charge in [0.05, 0.1) is 18.9 Å². The third kappa shape index (κ3) is 3.72. The van der Waals surface area contributed by atoms with E-state index in [4.69, 9.17) is 9.72 Å². The van der Waals surface area contributed by atoms with E-state index in [1.54, 1.807) is 7.11 Å². The van der Waals surface area contributed by atoms with E-state index in [9.17, 15) is 5.11 Å². The van der Waals surface area contributed by atoms with E-state index in [1.165, 1.54) is 0 Å². The number of anilines is 1. The van der Waals surface area contributed by atoms with Crippen LogP contribution < -0.4 is 10.2 Å². The summed E-state index contributed by atoms with van der Waals surface area (Å²) in [6.07, 6.45) is 2.02. The maximum absolute atomic E-state index is 9.31. The lowest BCUT2D eigenvalue weighted by atomic mass is 10.3. The Kier molecular flexibility index (Phi) is 5.98. The van der Waals surface area contributed by atoms with Crippen molar-refractivity contribution in [1.29, 1.82) is 0 Å². The molecule has 0 saturated heterocycles. The molecule has 0 amide bonds. The maximum atomic E-state index is 9.31. The van der Waals surface area contributed by atoms with Gasteiger partial charge in [-0.25, -0.2) is 4.98 Å². The molecule has 0 aliphatic carbocycles. The highest BCUT2D eigenvalue weighted by Crippen LogP contribution is 2.21. The molecule has 0 radical (unpaired) electrons. The summed E-state index contributed by atoms with van der Waals surface area (Å²) in [5.74, 6) is 0.910. The number of rotatable bonds is 9. The van der Waals surface area contributed by atoms with Crippen molar-refractivity contribution >= 4 is 11.5 Å². The number of methoxy groups -OCH3 is 1. The molecular weight excluding hydrogens is 268 g/mol. The predicted molar refractivity (Wildman–Crippen MR) is 83.7 cm³/mol. The molecule has 6 nitrogen and oxygen atoms in total. The van der Waals surface area contributed by atoms with E-state index in [0.717, 1.165) is 30.2 Å². The Morgan fingerprint density at radius 1 is 1.38 bits per heavy atom. The van der Waals surface area contributed by atoms with Gasteiger partial charge in [0.25, 0.3) is 0 Å². The smallest absolute Gasteiger partial charge is 0.152 e. The summed E-state index contributed by atoms with van der Waals surface area (Å²) in [6, 6.07) is 5.97. The first-order valence-electron chi connectivity index (χ1n) is 7.33. The molecule has 0 bridgehead atoms. The van der Waals surface area contributed by atoms with Crippen LogP contribution in [0.15, 0.2) is 24.4 Å². The molecular formula is C15H24N4O2. The van der Waals surface area contributed by atoms with Crippen molar-refractivity contribution in [2.75, 3.05) is 44.9 Å². The third-order valence-electron chi connectivity index (χ3n) is 3.38. The van der Waals surface area contributed by atoms with Gasteiger partial charge in [-0.15, -0.1) is 0 Å². The second-order valence-corrected chi connectivity index (χ2v) is 4.79. The Hall–Kier alpha value is -1.63. The number of nitrogens with zero attached hydrogens (tertiary/aromatic N) is 3. The van der Waals surface area contributed by atoms with Gasteiger partial charge < -0.3 is 24.5 Å². The van der Waals surface area contributed by atoms with Crippen molar-refractivity contribution in [2.45, 2.75) is 13.5 Å². The summed E-state index contributed by atoms with van der Waals surface area (Å²) >= 11 is 0. The van der Waals surface area contributed by atoms with Crippen molar-refractivity contribution in [2.24, 2.45) is 0 Å². The average molecular weight is 292 g/mol. The summed E-state index contributed by atoms with van der Waals surface area (Å²) in [6.45, 7) is 5.68. The first-order chi connectivity index (χ1) is 10.3. The summed E-state index contributed by atoms with van der Waals surface area (Å²) < 4.78 is 7.25. The maximum Gasteiger partial charge on any atom is 0.152 e. The van der Waals surface area contributed by atoms with Crippen LogP contribution in [0.4, 0.5) is 5.82 Å². The Morgan fingerprint density at radius 2 is 2.24 bits per heavy atom. The van der Waals surface area contributed by atoms with Crippen molar-refractivity contribution in [3.63, 3.8) is 0 Å². The van der Waals surface area contributed by atoms with Crippen LogP contribution >= 0.6 is 0 Å². The number of imidazole rings is 1. The Labute approximate surface area is 125 Å². The number of ether oxygens (including phenoxy) is 1. The van der Waals surface area contributed by atoms with Gasteiger partial charge in [-0.1, -0.05) is 13.0 Å². The zero-order chi connectivity index (χ0) is 15.1. The zero-order valence-corrected chi connectivity index (χ0v) is 12.7. The highest BCUT2D eigenvalue weighted by Gasteiger charge is 2.17. The molecule has 0 atom stereocenters. The monoisotopic (exact) mass is 292 g/mol. The highest BCUT2D eigenvalue weighted by atomic mass is 16.5. The number of aliphatic hydroxyl groups excluding tert-OH is 1. The van der Waals surface area contributed by atoms with Crippen LogP contribution in [-0.4, -0.2) is 54.4 Å². The number of pyridine rings is 1. The lowest BCUT2D eigenvalue weighted by Gasteiger charge is -2.22. The second-order valence-electron chi connectivity index (χ2n) is 4.79. The number of aromatic nitrogens is 2. The first kappa shape index (κ1) is 15.8. The summed E-state index contributed by atoms with van der Waals surface area (Å²) in [4.78, 5) is 6.79. The van der Waals surface area contributed by atoms with E-state index < -0.39 is 0 Å². The predicted octanol–water partition coefficient (Wildman–Crippen LogP) is 0.889. The standard InChI is InChI=1S/C15H24N4O2/c1-3-16-12-13-15(18(8-10-20)9-11-21-2)17-14-6-4-5-7-19(13)14/h4-7,16,20H,3,8-12H2,1-2H3. The minimum atomic E-state index is 0.0955. The average Bonchev–Trinajstić information content (AvgIpc) is 2.88. The van der Waals surface area contributed by atoms with E-state index in [-0.39, 0.29) is 6.61 Å². The molecule has 6 heteroatoms. The van der Waals surface area contributed by atoms with Crippen LogP contribution in [0.5, 0.6) is 0 Å². The van der Waals surface area contributed by atoms with Crippen molar-refractivity contribution in [1.82, 2.24) is 14.7 Å². The number of nitrogens with one attached hydrogen (secondary N) is 1. The number of fused-ring (bicyclic) bond motifs is 1. The molecule has 0 aliphatic heterocycles. The lowest BCUT2D eigenvalue weighted by Crippen LogP contribution is -2.32. The van der Waals surface area contributed by atoms with Crippen molar-refractivity contribution < 1.29 is 9.84 Å². The van der Waals surface area contributed by atoms with Gasteiger partial charge in [0.1, 0.15) is 5.65 Å². The van der Waals surface area contributed by atoms with Crippen molar-refractivity contribution in [3.8, 4) is 0 Å². The van der Waals surface area contributed by atoms with Gasteiger partial charge in [0.2, 0.25) is 0 Å². The number of hydrogen-bond acceptors (Lipinski definition) is 5. The van der Waals surface area contributed by atoms with Gasteiger partial charge in [-0.05, 0) is 18.7 Å². The Bertz CT molecular complexity index is 556. The van der Waals surface area contributed by atoms with Gasteiger partial charge in [-0.2, -0.15) is 0 Å². The minimum Gasteiger partial charge on any atom is -0.395 e. The van der Waals surface area contributed by atoms with Gasteiger partial charge in [-0.3, -0.25) is 0 Å². The molecule has 2 heterocycles. The van der Waals surface area contributed by atoms with Crippen LogP contribution in [0.2, 0.25) is 0 Å².